The second kappa shape index (κ2) is 8.04. The first-order valence-electron chi connectivity index (χ1n) is 6.63. The van der Waals surface area contributed by atoms with E-state index in [2.05, 4.69) is 49.8 Å². The van der Waals surface area contributed by atoms with Gasteiger partial charge in [-0.2, -0.15) is 0 Å². The molecule has 0 amide bonds. The number of halogens is 1. The molecule has 0 aliphatic carbocycles. The highest BCUT2D eigenvalue weighted by molar-refractivity contribution is 9.10. The summed E-state index contributed by atoms with van der Waals surface area (Å²) in [4.78, 5) is 6.06. The molecule has 0 aliphatic rings. The highest BCUT2D eigenvalue weighted by Crippen LogP contribution is 2.21. The maximum atomic E-state index is 12.3. The van der Waals surface area contributed by atoms with Crippen LogP contribution in [0.15, 0.2) is 21.6 Å². The van der Waals surface area contributed by atoms with E-state index in [-0.39, 0.29) is 10.7 Å². The van der Waals surface area contributed by atoms with Gasteiger partial charge in [0.15, 0.2) is 5.82 Å². The van der Waals surface area contributed by atoms with Crippen LogP contribution in [0, 0.1) is 0 Å². The van der Waals surface area contributed by atoms with Crippen molar-refractivity contribution in [2.24, 2.45) is 5.84 Å². The Morgan fingerprint density at radius 1 is 1.52 bits per heavy atom. The number of aromatic nitrogens is 1. The van der Waals surface area contributed by atoms with Gasteiger partial charge in [0.1, 0.15) is 4.90 Å². The van der Waals surface area contributed by atoms with E-state index in [0.29, 0.717) is 23.6 Å². The first kappa shape index (κ1) is 18.3. The van der Waals surface area contributed by atoms with Gasteiger partial charge in [0.05, 0.1) is 0 Å². The topological polar surface area (TPSA) is 100 Å². The zero-order valence-corrected chi connectivity index (χ0v) is 14.8. The van der Waals surface area contributed by atoms with Gasteiger partial charge in [0.2, 0.25) is 10.0 Å². The summed E-state index contributed by atoms with van der Waals surface area (Å²) < 4.78 is 27.7. The Hall–Kier alpha value is -0.740. The molecule has 1 atom stereocenters. The Labute approximate surface area is 134 Å². The molecular weight excluding hydrogens is 358 g/mol. The number of hydrazine groups is 1. The number of nitrogens with zero attached hydrogens (tertiary/aromatic N) is 2. The average Bonchev–Trinajstić information content (AvgIpc) is 2.46. The summed E-state index contributed by atoms with van der Waals surface area (Å²) in [7, 11) is -1.70. The zero-order chi connectivity index (χ0) is 16.0. The highest BCUT2D eigenvalue weighted by atomic mass is 79.9. The van der Waals surface area contributed by atoms with Crippen LogP contribution in [0.2, 0.25) is 0 Å². The first-order valence-corrected chi connectivity index (χ1v) is 8.91. The number of likely N-dealkylation sites (N-methyl/N-ethyl adjacent to an activating group) is 1. The van der Waals surface area contributed by atoms with E-state index in [1.807, 2.05) is 7.05 Å². The largest absolute Gasteiger partial charge is 0.307 e. The number of rotatable bonds is 8. The van der Waals surface area contributed by atoms with E-state index in [4.69, 9.17) is 5.84 Å². The van der Waals surface area contributed by atoms with Gasteiger partial charge in [-0.25, -0.2) is 24.0 Å². The summed E-state index contributed by atoms with van der Waals surface area (Å²) in [6, 6.07) is 1.87. The Bertz CT molecular complexity index is 567. The van der Waals surface area contributed by atoms with Crippen molar-refractivity contribution in [2.75, 3.05) is 25.6 Å². The van der Waals surface area contributed by atoms with Crippen molar-refractivity contribution in [3.8, 4) is 0 Å². The minimum absolute atomic E-state index is 0.0190. The molecule has 0 radical (unpaired) electrons. The molecule has 9 heteroatoms. The standard InChI is InChI=1S/C12H22BrN5O2S/c1-4-9(2)18(3)6-5-16-21(19,20)11-7-10(13)8-15-12(11)17-14/h7-9,16H,4-6,14H2,1-3H3,(H,15,17). The summed E-state index contributed by atoms with van der Waals surface area (Å²) in [5.74, 6) is 5.42. The quantitative estimate of drug-likeness (QED) is 0.462. The molecule has 0 bridgehead atoms. The summed E-state index contributed by atoms with van der Waals surface area (Å²) in [6.45, 7) is 5.14. The minimum Gasteiger partial charge on any atom is -0.307 e. The molecule has 0 saturated heterocycles. The van der Waals surface area contributed by atoms with Crippen molar-refractivity contribution in [1.82, 2.24) is 14.6 Å². The van der Waals surface area contributed by atoms with Crippen molar-refractivity contribution in [3.63, 3.8) is 0 Å². The van der Waals surface area contributed by atoms with Crippen molar-refractivity contribution in [1.29, 1.82) is 0 Å². The summed E-state index contributed by atoms with van der Waals surface area (Å²) >= 11 is 3.21. The van der Waals surface area contributed by atoms with Crippen LogP contribution in [-0.4, -0.2) is 44.5 Å². The molecule has 0 fully saturated rings. The Kier molecular flexibility index (Phi) is 7.01. The lowest BCUT2D eigenvalue weighted by Gasteiger charge is -2.23. The summed E-state index contributed by atoms with van der Waals surface area (Å²) in [5, 5.41) is 0. The van der Waals surface area contributed by atoms with Crippen molar-refractivity contribution >= 4 is 31.8 Å². The Balaban J connectivity index is 2.76. The molecule has 0 saturated carbocycles. The minimum atomic E-state index is -3.67. The lowest BCUT2D eigenvalue weighted by molar-refractivity contribution is 0.256. The van der Waals surface area contributed by atoms with E-state index >= 15 is 0 Å². The number of sulfonamides is 1. The van der Waals surface area contributed by atoms with Gasteiger partial charge in [-0.3, -0.25) is 0 Å². The molecule has 21 heavy (non-hydrogen) atoms. The molecule has 1 heterocycles. The molecule has 120 valence electrons. The van der Waals surface area contributed by atoms with Gasteiger partial charge in [-0.1, -0.05) is 6.92 Å². The van der Waals surface area contributed by atoms with Gasteiger partial charge in [-0.15, -0.1) is 0 Å². The van der Waals surface area contributed by atoms with Crippen LogP contribution in [0.25, 0.3) is 0 Å². The van der Waals surface area contributed by atoms with E-state index in [0.717, 1.165) is 6.42 Å². The Morgan fingerprint density at radius 3 is 2.76 bits per heavy atom. The number of nitrogen functional groups attached to an aromatic ring is 1. The molecule has 7 nitrogen and oxygen atoms in total. The maximum Gasteiger partial charge on any atom is 0.244 e. The maximum absolute atomic E-state index is 12.3. The molecule has 1 unspecified atom stereocenters. The smallest absolute Gasteiger partial charge is 0.244 e. The number of anilines is 1. The SMILES string of the molecule is CCC(C)N(C)CCNS(=O)(=O)c1cc(Br)cnc1NN. The van der Waals surface area contributed by atoms with Crippen molar-refractivity contribution in [2.45, 2.75) is 31.2 Å². The van der Waals surface area contributed by atoms with E-state index in [1.54, 1.807) is 0 Å². The third-order valence-electron chi connectivity index (χ3n) is 3.35. The van der Waals surface area contributed by atoms with E-state index in [1.165, 1.54) is 12.3 Å². The average molecular weight is 380 g/mol. The molecule has 0 spiro atoms. The molecule has 4 N–H and O–H groups in total. The van der Waals surface area contributed by atoms with Gasteiger partial charge >= 0.3 is 0 Å². The van der Waals surface area contributed by atoms with E-state index in [9.17, 15) is 8.42 Å². The Morgan fingerprint density at radius 2 is 2.19 bits per heavy atom. The van der Waals surface area contributed by atoms with Gasteiger partial charge in [0, 0.05) is 29.8 Å². The first-order chi connectivity index (χ1) is 9.81. The van der Waals surface area contributed by atoms with Crippen molar-refractivity contribution < 1.29 is 8.42 Å². The van der Waals surface area contributed by atoms with Crippen LogP contribution in [0.3, 0.4) is 0 Å². The molecular formula is C12H22BrN5O2S. The van der Waals surface area contributed by atoms with E-state index < -0.39 is 10.0 Å². The predicted molar refractivity (Wildman–Crippen MR) is 87.3 cm³/mol. The number of hydrogen-bond acceptors (Lipinski definition) is 6. The molecule has 0 aromatic carbocycles. The van der Waals surface area contributed by atoms with Gasteiger partial charge < -0.3 is 10.3 Å². The van der Waals surface area contributed by atoms with Crippen LogP contribution in [0.1, 0.15) is 20.3 Å². The fourth-order valence-corrected chi connectivity index (χ4v) is 3.35. The predicted octanol–water partition coefficient (Wildman–Crippen LogP) is 1.14. The second-order valence-electron chi connectivity index (χ2n) is 4.78. The summed E-state index contributed by atoms with van der Waals surface area (Å²) in [5.41, 5.74) is 2.29. The number of pyridine rings is 1. The van der Waals surface area contributed by atoms with Crippen LogP contribution in [0.5, 0.6) is 0 Å². The normalized spacial score (nSPS) is 13.4. The van der Waals surface area contributed by atoms with Crippen LogP contribution in [0.4, 0.5) is 5.82 Å². The van der Waals surface area contributed by atoms with Gasteiger partial charge in [-0.05, 0) is 42.4 Å². The highest BCUT2D eigenvalue weighted by Gasteiger charge is 2.20. The number of nitrogens with two attached hydrogens (primary N) is 1. The zero-order valence-electron chi connectivity index (χ0n) is 12.4. The lowest BCUT2D eigenvalue weighted by atomic mass is 10.2. The molecule has 1 rings (SSSR count). The second-order valence-corrected chi connectivity index (χ2v) is 7.43. The van der Waals surface area contributed by atoms with Crippen LogP contribution < -0.4 is 16.0 Å². The lowest BCUT2D eigenvalue weighted by Crippen LogP contribution is -2.37. The summed E-state index contributed by atoms with van der Waals surface area (Å²) in [6.07, 6.45) is 2.49. The van der Waals surface area contributed by atoms with Crippen molar-refractivity contribution in [3.05, 3.63) is 16.7 Å². The third-order valence-corrected chi connectivity index (χ3v) is 5.25. The number of nitrogens with one attached hydrogen (secondary N) is 2. The molecule has 1 aromatic heterocycles. The van der Waals surface area contributed by atoms with Crippen LogP contribution >= 0.6 is 15.9 Å². The fraction of sp³-hybridized carbons (Fsp3) is 0.583. The van der Waals surface area contributed by atoms with Gasteiger partial charge in [0.25, 0.3) is 0 Å². The number of hydrogen-bond donors (Lipinski definition) is 3. The monoisotopic (exact) mass is 379 g/mol. The van der Waals surface area contributed by atoms with Crippen LogP contribution in [-0.2, 0) is 10.0 Å². The molecule has 0 aliphatic heterocycles. The fourth-order valence-electron chi connectivity index (χ4n) is 1.70. The third kappa shape index (κ3) is 5.19. The molecule has 1 aromatic rings.